The van der Waals surface area contributed by atoms with Crippen LogP contribution in [0, 0.1) is 28.6 Å². The molecule has 0 radical (unpaired) electrons. The van der Waals surface area contributed by atoms with Crippen molar-refractivity contribution in [2.75, 3.05) is 0 Å². The van der Waals surface area contributed by atoms with Crippen LogP contribution in [-0.4, -0.2) is 39.3 Å². The van der Waals surface area contributed by atoms with Gasteiger partial charge in [0.15, 0.2) is 17.1 Å². The fourth-order valence-corrected chi connectivity index (χ4v) is 8.48. The van der Waals surface area contributed by atoms with Gasteiger partial charge in [0, 0.05) is 29.1 Å². The molecule has 0 saturated heterocycles. The average molecular weight is 479 g/mol. The van der Waals surface area contributed by atoms with Crippen LogP contribution >= 0.6 is 12.6 Å². The Kier molecular flexibility index (Phi) is 5.80. The molecule has 4 aliphatic carbocycles. The molecule has 182 valence electrons. The lowest BCUT2D eigenvalue weighted by Crippen LogP contribution is -2.69. The van der Waals surface area contributed by atoms with Crippen molar-refractivity contribution >= 4 is 29.5 Å². The molecule has 0 spiro atoms. The Bertz CT molecular complexity index is 974. The number of ether oxygens (including phenoxy) is 1. The number of aliphatic hydroxyl groups excluding tert-OH is 1. The van der Waals surface area contributed by atoms with Gasteiger partial charge in [0.05, 0.1) is 6.10 Å². The molecule has 8 atom stereocenters. The highest BCUT2D eigenvalue weighted by Crippen LogP contribution is 2.71. The van der Waals surface area contributed by atoms with Crippen LogP contribution in [0.15, 0.2) is 23.3 Å². The fourth-order valence-electron chi connectivity index (χ4n) is 7.96. The van der Waals surface area contributed by atoms with Crippen molar-refractivity contribution in [3.63, 3.8) is 0 Å². The van der Waals surface area contributed by atoms with Crippen molar-refractivity contribution in [2.45, 2.75) is 90.5 Å². The number of carbonyl (C=O) groups excluding carboxylic acids is 3. The Hall–Kier alpha value is -1.47. The minimum atomic E-state index is -1.99. The summed E-state index contributed by atoms with van der Waals surface area (Å²) in [4.78, 5) is 38.0. The second kappa shape index (κ2) is 7.77. The van der Waals surface area contributed by atoms with Crippen molar-refractivity contribution in [2.24, 2.45) is 28.6 Å². The van der Waals surface area contributed by atoms with E-state index in [2.05, 4.69) is 12.6 Å². The predicted molar refractivity (Wildman–Crippen MR) is 125 cm³/mol. The number of halogens is 1. The third kappa shape index (κ3) is 2.97. The number of esters is 1. The van der Waals surface area contributed by atoms with Crippen molar-refractivity contribution in [3.05, 3.63) is 23.3 Å². The van der Waals surface area contributed by atoms with E-state index < -0.39 is 45.2 Å². The minimum Gasteiger partial charge on any atom is -0.449 e. The van der Waals surface area contributed by atoms with Gasteiger partial charge in [-0.3, -0.25) is 14.4 Å². The summed E-state index contributed by atoms with van der Waals surface area (Å²) in [5.41, 5.74) is -4.36. The summed E-state index contributed by atoms with van der Waals surface area (Å²) in [7, 11) is 0. The molecule has 3 fully saturated rings. The Morgan fingerprint density at radius 3 is 2.58 bits per heavy atom. The van der Waals surface area contributed by atoms with Crippen LogP contribution in [0.25, 0.3) is 0 Å². The fraction of sp³-hybridized carbons (Fsp3) is 0.731. The number of hydrogen-bond donors (Lipinski definition) is 2. The Morgan fingerprint density at radius 1 is 1.30 bits per heavy atom. The van der Waals surface area contributed by atoms with Gasteiger partial charge in [-0.2, -0.15) is 0 Å². The van der Waals surface area contributed by atoms with E-state index in [1.807, 2.05) is 20.8 Å². The van der Waals surface area contributed by atoms with Crippen molar-refractivity contribution in [1.29, 1.82) is 0 Å². The molecule has 0 aliphatic heterocycles. The second-order valence-electron chi connectivity index (χ2n) is 11.1. The first-order chi connectivity index (χ1) is 15.3. The van der Waals surface area contributed by atoms with Crippen molar-refractivity contribution in [3.8, 4) is 0 Å². The van der Waals surface area contributed by atoms with Gasteiger partial charge in [0.1, 0.15) is 0 Å². The molecule has 1 N–H and O–H groups in total. The molecular formula is C26H35FO5S. The summed E-state index contributed by atoms with van der Waals surface area (Å²) in [5.74, 6) is -1.77. The Balaban J connectivity index is 1.83. The number of carbonyl (C=O) groups is 3. The quantitative estimate of drug-likeness (QED) is 0.458. The highest BCUT2D eigenvalue weighted by Gasteiger charge is 2.77. The smallest absolute Gasteiger partial charge is 0.306 e. The lowest BCUT2D eigenvalue weighted by molar-refractivity contribution is -0.225. The van der Waals surface area contributed by atoms with Gasteiger partial charge in [-0.15, -0.1) is 12.6 Å². The second-order valence-corrected chi connectivity index (χ2v) is 11.5. The Labute approximate surface area is 200 Å². The highest BCUT2D eigenvalue weighted by atomic mass is 32.1. The lowest BCUT2D eigenvalue weighted by Gasteiger charge is -2.62. The molecule has 0 unspecified atom stereocenters. The van der Waals surface area contributed by atoms with Gasteiger partial charge < -0.3 is 9.84 Å². The van der Waals surface area contributed by atoms with E-state index in [-0.39, 0.29) is 30.5 Å². The minimum absolute atomic E-state index is 0.0234. The molecular weight excluding hydrogens is 443 g/mol. The van der Waals surface area contributed by atoms with E-state index in [0.29, 0.717) is 31.3 Å². The first-order valence-corrected chi connectivity index (χ1v) is 12.5. The predicted octanol–water partition coefficient (Wildman–Crippen LogP) is 4.53. The third-order valence-corrected chi connectivity index (χ3v) is 9.86. The normalized spacial score (nSPS) is 46.5. The summed E-state index contributed by atoms with van der Waals surface area (Å²) in [5, 5.41) is 10.9. The number of rotatable bonds is 4. The van der Waals surface area contributed by atoms with Crippen molar-refractivity contribution < 1.29 is 28.6 Å². The maximum Gasteiger partial charge on any atom is 0.306 e. The first-order valence-electron chi connectivity index (χ1n) is 12.1. The number of aliphatic hydroxyl groups is 1. The first kappa shape index (κ1) is 24.6. The monoisotopic (exact) mass is 478 g/mol. The maximum absolute atomic E-state index is 17.3. The molecule has 4 aliphatic rings. The van der Waals surface area contributed by atoms with Crippen LogP contribution in [0.1, 0.15) is 73.1 Å². The molecule has 0 bridgehead atoms. The summed E-state index contributed by atoms with van der Waals surface area (Å²) in [6.07, 6.45) is 4.09. The van der Waals surface area contributed by atoms with E-state index >= 15 is 4.39 Å². The summed E-state index contributed by atoms with van der Waals surface area (Å²) in [6, 6.07) is 0. The highest BCUT2D eigenvalue weighted by molar-refractivity contribution is 7.96. The molecule has 4 rings (SSSR count). The zero-order chi connectivity index (χ0) is 24.6. The standard InChI is InChI=1S/C26H35FO5S/c1-6-7-21(30)32-26(22(31)33)15(3)10-18-17-9-8-16-11-19(28)14(2)12-23(16,4)25(17,27)20(29)13-24(18,26)5/h11-12,15,17-18,20,29H,6-10,13H2,1-5H3,(H,31,33)/t15-,17+,18+,20+,23+,24+,25+,26+/m1/s1. The van der Waals surface area contributed by atoms with Gasteiger partial charge >= 0.3 is 5.97 Å². The average Bonchev–Trinajstić information content (AvgIpc) is 2.93. The molecule has 0 heterocycles. The number of fused-ring (bicyclic) bond motifs is 5. The summed E-state index contributed by atoms with van der Waals surface area (Å²) >= 11 is 4.19. The van der Waals surface area contributed by atoms with E-state index in [0.717, 1.165) is 5.57 Å². The molecule has 0 aromatic carbocycles. The number of thiol groups is 1. The maximum atomic E-state index is 17.3. The zero-order valence-electron chi connectivity index (χ0n) is 20.1. The molecule has 0 amide bonds. The topological polar surface area (TPSA) is 80.7 Å². The van der Waals surface area contributed by atoms with Crippen LogP contribution in [0.4, 0.5) is 4.39 Å². The SMILES string of the molecule is CCCC(=O)O[C@]1(C(=O)S)[C@H](C)C[C@H]2[C@@H]3CCC4=CC(=O)C(C)=C[C@]4(C)[C@@]3(F)[C@@H](O)C[C@@]21C. The van der Waals surface area contributed by atoms with Crippen molar-refractivity contribution in [1.82, 2.24) is 0 Å². The number of allylic oxidation sites excluding steroid dienone is 4. The van der Waals surface area contributed by atoms with Gasteiger partial charge in [-0.25, -0.2) is 4.39 Å². The molecule has 0 aromatic rings. The van der Waals surface area contributed by atoms with Gasteiger partial charge in [-0.1, -0.05) is 32.4 Å². The number of ketones is 1. The van der Waals surface area contributed by atoms with Gasteiger partial charge in [0.25, 0.3) is 0 Å². The van der Waals surface area contributed by atoms with Crippen LogP contribution in [-0.2, 0) is 19.1 Å². The number of hydrogen-bond acceptors (Lipinski definition) is 5. The summed E-state index contributed by atoms with van der Waals surface area (Å²) < 4.78 is 23.3. The third-order valence-electron chi connectivity index (χ3n) is 9.53. The lowest BCUT2D eigenvalue weighted by atomic mass is 9.44. The largest absolute Gasteiger partial charge is 0.449 e. The molecule has 7 heteroatoms. The van der Waals surface area contributed by atoms with Crippen LogP contribution < -0.4 is 0 Å². The van der Waals surface area contributed by atoms with E-state index in [1.54, 1.807) is 26.0 Å². The Morgan fingerprint density at radius 2 is 1.97 bits per heavy atom. The van der Waals surface area contributed by atoms with Gasteiger partial charge in [-0.05, 0) is 63.5 Å². The van der Waals surface area contributed by atoms with E-state index in [1.165, 1.54) is 0 Å². The van der Waals surface area contributed by atoms with Gasteiger partial charge in [0.2, 0.25) is 5.12 Å². The van der Waals surface area contributed by atoms with Crippen LogP contribution in [0.2, 0.25) is 0 Å². The molecule has 5 nitrogen and oxygen atoms in total. The molecule has 3 saturated carbocycles. The summed E-state index contributed by atoms with van der Waals surface area (Å²) in [6.45, 7) is 9.05. The number of alkyl halides is 1. The molecule has 0 aromatic heterocycles. The van der Waals surface area contributed by atoms with Crippen LogP contribution in [0.5, 0.6) is 0 Å². The molecule has 33 heavy (non-hydrogen) atoms. The van der Waals surface area contributed by atoms with Crippen LogP contribution in [0.3, 0.4) is 0 Å². The van der Waals surface area contributed by atoms with E-state index in [9.17, 15) is 19.5 Å². The van der Waals surface area contributed by atoms with E-state index in [4.69, 9.17) is 4.74 Å². The zero-order valence-corrected chi connectivity index (χ0v) is 21.0.